The van der Waals surface area contributed by atoms with Crippen LogP contribution in [-0.4, -0.2) is 36.3 Å². The Morgan fingerprint density at radius 3 is 2.80 bits per heavy atom. The van der Waals surface area contributed by atoms with Crippen LogP contribution in [0.15, 0.2) is 18.3 Å². The molecule has 1 amide bonds. The second kappa shape index (κ2) is 7.15. The Balaban J connectivity index is 1.87. The zero-order valence-corrected chi connectivity index (χ0v) is 12.1. The second-order valence-corrected chi connectivity index (χ2v) is 5.24. The highest BCUT2D eigenvalue weighted by Crippen LogP contribution is 2.21. The number of nitriles is 1. The summed E-state index contributed by atoms with van der Waals surface area (Å²) in [5.74, 6) is 1.76. The molecule has 106 valence electrons. The fourth-order valence-electron chi connectivity index (χ4n) is 2.33. The van der Waals surface area contributed by atoms with Crippen LogP contribution in [0.5, 0.6) is 0 Å². The molecule has 1 aromatic heterocycles. The van der Waals surface area contributed by atoms with Crippen molar-refractivity contribution in [2.45, 2.75) is 12.8 Å². The van der Waals surface area contributed by atoms with Crippen molar-refractivity contribution in [1.82, 2.24) is 10.3 Å². The summed E-state index contributed by atoms with van der Waals surface area (Å²) >= 11 is 4.08. The molecular formula is C14H18N4OS. The fourth-order valence-corrected chi connectivity index (χ4v) is 2.45. The number of hydrogen-bond donors (Lipinski definition) is 2. The molecule has 20 heavy (non-hydrogen) atoms. The number of pyridine rings is 1. The van der Waals surface area contributed by atoms with Gasteiger partial charge >= 0.3 is 0 Å². The summed E-state index contributed by atoms with van der Waals surface area (Å²) in [6.45, 7) is 2.26. The monoisotopic (exact) mass is 290 g/mol. The van der Waals surface area contributed by atoms with Gasteiger partial charge in [-0.05, 0) is 25.0 Å². The number of piperidine rings is 1. The maximum absolute atomic E-state index is 11.9. The fraction of sp³-hybridized carbons (Fsp3) is 0.500. The van der Waals surface area contributed by atoms with Crippen molar-refractivity contribution in [1.29, 1.82) is 5.26 Å². The van der Waals surface area contributed by atoms with E-state index in [0.29, 0.717) is 17.9 Å². The van der Waals surface area contributed by atoms with E-state index in [0.717, 1.165) is 31.7 Å². The topological polar surface area (TPSA) is 69.0 Å². The van der Waals surface area contributed by atoms with Gasteiger partial charge in [0.25, 0.3) is 0 Å². The Labute approximate surface area is 124 Å². The summed E-state index contributed by atoms with van der Waals surface area (Å²) in [6, 6.07) is 5.69. The van der Waals surface area contributed by atoms with Crippen LogP contribution in [0, 0.1) is 17.2 Å². The molecule has 0 saturated carbocycles. The summed E-state index contributed by atoms with van der Waals surface area (Å²) in [5, 5.41) is 11.6. The Morgan fingerprint density at radius 2 is 2.25 bits per heavy atom. The smallest absolute Gasteiger partial charge is 0.223 e. The first-order chi connectivity index (χ1) is 9.74. The van der Waals surface area contributed by atoms with Gasteiger partial charge in [0.05, 0.1) is 5.56 Å². The summed E-state index contributed by atoms with van der Waals surface area (Å²) in [5.41, 5.74) is 0.565. The second-order valence-electron chi connectivity index (χ2n) is 4.79. The molecule has 0 unspecified atom stereocenters. The highest BCUT2D eigenvalue weighted by atomic mass is 32.1. The van der Waals surface area contributed by atoms with Crippen LogP contribution in [0.4, 0.5) is 5.82 Å². The first-order valence-corrected chi connectivity index (χ1v) is 7.37. The number of amides is 1. The van der Waals surface area contributed by atoms with Crippen LogP contribution in [-0.2, 0) is 4.79 Å². The lowest BCUT2D eigenvalue weighted by Crippen LogP contribution is -2.41. The molecule has 0 spiro atoms. The number of thiol groups is 1. The lowest BCUT2D eigenvalue weighted by molar-refractivity contribution is -0.125. The molecule has 1 aromatic rings. The molecule has 2 heterocycles. The summed E-state index contributed by atoms with van der Waals surface area (Å²) < 4.78 is 0. The highest BCUT2D eigenvalue weighted by molar-refractivity contribution is 7.80. The molecule has 6 heteroatoms. The average molecular weight is 290 g/mol. The molecule has 0 bridgehead atoms. The number of nitrogens with one attached hydrogen (secondary N) is 1. The summed E-state index contributed by atoms with van der Waals surface area (Å²) in [4.78, 5) is 18.3. The Hall–Kier alpha value is -1.74. The summed E-state index contributed by atoms with van der Waals surface area (Å²) in [7, 11) is 0. The number of aromatic nitrogens is 1. The van der Waals surface area contributed by atoms with Gasteiger partial charge in [0.15, 0.2) is 0 Å². The van der Waals surface area contributed by atoms with E-state index in [2.05, 4.69) is 33.9 Å². The Bertz CT molecular complexity index is 489. The molecule has 0 atom stereocenters. The molecule has 5 nitrogen and oxygen atoms in total. The van der Waals surface area contributed by atoms with Crippen molar-refractivity contribution < 1.29 is 4.79 Å². The molecule has 0 radical (unpaired) electrons. The van der Waals surface area contributed by atoms with Crippen molar-refractivity contribution in [2.75, 3.05) is 30.3 Å². The first-order valence-electron chi connectivity index (χ1n) is 6.74. The first kappa shape index (κ1) is 14.7. The van der Waals surface area contributed by atoms with Gasteiger partial charge in [-0.25, -0.2) is 4.98 Å². The van der Waals surface area contributed by atoms with Crippen LogP contribution < -0.4 is 10.2 Å². The van der Waals surface area contributed by atoms with E-state index in [1.54, 1.807) is 12.3 Å². The van der Waals surface area contributed by atoms with Crippen LogP contribution in [0.1, 0.15) is 18.4 Å². The number of rotatable bonds is 4. The standard InChI is InChI=1S/C14H18N4OS/c15-9-11-1-2-13(17-10-11)18-6-3-12(4-7-18)14(19)16-5-8-20/h1-2,10,12,20H,3-8H2,(H,16,19). The zero-order valence-electron chi connectivity index (χ0n) is 11.2. The van der Waals surface area contributed by atoms with Crippen molar-refractivity contribution in [3.05, 3.63) is 23.9 Å². The van der Waals surface area contributed by atoms with Gasteiger partial charge in [-0.1, -0.05) is 0 Å². The molecule has 1 fully saturated rings. The quantitative estimate of drug-likeness (QED) is 0.818. The van der Waals surface area contributed by atoms with Crippen LogP contribution in [0.25, 0.3) is 0 Å². The van der Waals surface area contributed by atoms with Gasteiger partial charge in [0.2, 0.25) is 5.91 Å². The van der Waals surface area contributed by atoms with Crippen LogP contribution in [0.2, 0.25) is 0 Å². The van der Waals surface area contributed by atoms with E-state index >= 15 is 0 Å². The lowest BCUT2D eigenvalue weighted by atomic mass is 9.96. The van der Waals surface area contributed by atoms with E-state index in [4.69, 9.17) is 5.26 Å². The lowest BCUT2D eigenvalue weighted by Gasteiger charge is -2.32. The van der Waals surface area contributed by atoms with Crippen molar-refractivity contribution in [2.24, 2.45) is 5.92 Å². The van der Waals surface area contributed by atoms with E-state index in [9.17, 15) is 4.79 Å². The number of hydrogen-bond acceptors (Lipinski definition) is 5. The average Bonchev–Trinajstić information content (AvgIpc) is 2.53. The Kier molecular flexibility index (Phi) is 5.24. The number of carbonyl (C=O) groups is 1. The van der Waals surface area contributed by atoms with E-state index in [1.165, 1.54) is 0 Å². The maximum atomic E-state index is 11.9. The molecule has 2 rings (SSSR count). The van der Waals surface area contributed by atoms with Crippen molar-refractivity contribution in [3.8, 4) is 6.07 Å². The van der Waals surface area contributed by atoms with Gasteiger partial charge < -0.3 is 10.2 Å². The number of anilines is 1. The molecule has 1 aliphatic rings. The number of carbonyl (C=O) groups excluding carboxylic acids is 1. The third-order valence-electron chi connectivity index (χ3n) is 3.48. The molecule has 0 aliphatic carbocycles. The van der Waals surface area contributed by atoms with E-state index in [-0.39, 0.29) is 11.8 Å². The predicted molar refractivity (Wildman–Crippen MR) is 80.8 cm³/mol. The molecule has 1 N–H and O–H groups in total. The van der Waals surface area contributed by atoms with Crippen LogP contribution in [0.3, 0.4) is 0 Å². The predicted octanol–water partition coefficient (Wildman–Crippen LogP) is 1.22. The van der Waals surface area contributed by atoms with E-state index in [1.807, 2.05) is 6.07 Å². The molecule has 0 aromatic carbocycles. The van der Waals surface area contributed by atoms with Gasteiger partial charge in [0, 0.05) is 37.5 Å². The van der Waals surface area contributed by atoms with Crippen LogP contribution >= 0.6 is 12.6 Å². The van der Waals surface area contributed by atoms with Crippen molar-refractivity contribution >= 4 is 24.4 Å². The van der Waals surface area contributed by atoms with Gasteiger partial charge in [-0.3, -0.25) is 4.79 Å². The maximum Gasteiger partial charge on any atom is 0.223 e. The van der Waals surface area contributed by atoms with Gasteiger partial charge in [0.1, 0.15) is 11.9 Å². The van der Waals surface area contributed by atoms with Gasteiger partial charge in [-0.2, -0.15) is 17.9 Å². The van der Waals surface area contributed by atoms with Gasteiger partial charge in [-0.15, -0.1) is 0 Å². The third-order valence-corrected chi connectivity index (χ3v) is 3.70. The SMILES string of the molecule is N#Cc1ccc(N2CCC(C(=O)NCCS)CC2)nc1. The largest absolute Gasteiger partial charge is 0.357 e. The van der Waals surface area contributed by atoms with E-state index < -0.39 is 0 Å². The molecule has 1 aliphatic heterocycles. The zero-order chi connectivity index (χ0) is 14.4. The third kappa shape index (κ3) is 3.64. The normalized spacial score (nSPS) is 15.7. The summed E-state index contributed by atoms with van der Waals surface area (Å²) in [6.07, 6.45) is 3.25. The Morgan fingerprint density at radius 1 is 1.50 bits per heavy atom. The minimum Gasteiger partial charge on any atom is -0.357 e. The number of nitrogens with zero attached hydrogens (tertiary/aromatic N) is 3. The highest BCUT2D eigenvalue weighted by Gasteiger charge is 2.25. The molecular weight excluding hydrogens is 272 g/mol. The minimum atomic E-state index is 0.0875. The van der Waals surface area contributed by atoms with Crippen molar-refractivity contribution in [3.63, 3.8) is 0 Å². The molecule has 1 saturated heterocycles. The minimum absolute atomic E-state index is 0.0875.